The molecular formula is C20H16N2O3. The predicted molar refractivity (Wildman–Crippen MR) is 94.6 cm³/mol. The average Bonchev–Trinajstić information content (AvgIpc) is 2.68. The summed E-state index contributed by atoms with van der Waals surface area (Å²) in [4.78, 5) is 15.8. The quantitative estimate of drug-likeness (QED) is 0.799. The Balaban J connectivity index is 1.72. The molecule has 0 unspecified atom stereocenters. The van der Waals surface area contributed by atoms with E-state index in [9.17, 15) is 4.79 Å². The van der Waals surface area contributed by atoms with E-state index in [-0.39, 0.29) is 0 Å². The summed E-state index contributed by atoms with van der Waals surface area (Å²) in [5.41, 5.74) is 9.46. The molecule has 0 fully saturated rings. The molecule has 0 bridgehead atoms. The van der Waals surface area contributed by atoms with Gasteiger partial charge in [0, 0.05) is 17.3 Å². The zero-order valence-electron chi connectivity index (χ0n) is 13.4. The van der Waals surface area contributed by atoms with Crippen LogP contribution in [0.3, 0.4) is 0 Å². The van der Waals surface area contributed by atoms with E-state index >= 15 is 0 Å². The van der Waals surface area contributed by atoms with Crippen LogP contribution in [0.5, 0.6) is 11.5 Å². The molecule has 2 aromatic carbocycles. The molecule has 0 saturated heterocycles. The van der Waals surface area contributed by atoms with Crippen molar-refractivity contribution in [1.82, 2.24) is 4.98 Å². The zero-order valence-corrected chi connectivity index (χ0v) is 13.4. The van der Waals surface area contributed by atoms with E-state index in [2.05, 4.69) is 4.98 Å². The molecule has 5 heteroatoms. The second-order valence-electron chi connectivity index (χ2n) is 5.73. The number of hydrogen-bond donors (Lipinski definition) is 1. The first-order valence-corrected chi connectivity index (χ1v) is 7.97. The van der Waals surface area contributed by atoms with E-state index in [1.54, 1.807) is 24.4 Å². The van der Waals surface area contributed by atoms with E-state index < -0.39 is 5.91 Å². The van der Waals surface area contributed by atoms with E-state index in [0.29, 0.717) is 18.8 Å². The Morgan fingerprint density at radius 3 is 2.52 bits per heavy atom. The number of primary amides is 1. The fourth-order valence-corrected chi connectivity index (χ4v) is 2.82. The summed E-state index contributed by atoms with van der Waals surface area (Å²) in [6, 6.07) is 16.9. The van der Waals surface area contributed by atoms with Crippen LogP contribution in [0.15, 0.2) is 60.8 Å². The predicted octanol–water partition coefficient (Wildman–Crippen LogP) is 3.29. The topological polar surface area (TPSA) is 74.4 Å². The molecule has 25 heavy (non-hydrogen) atoms. The number of fused-ring (bicyclic) bond motifs is 1. The van der Waals surface area contributed by atoms with Crippen LogP contribution in [0.1, 0.15) is 10.4 Å². The number of benzene rings is 2. The first-order chi connectivity index (χ1) is 12.2. The van der Waals surface area contributed by atoms with Gasteiger partial charge in [-0.15, -0.1) is 0 Å². The number of hydrogen-bond acceptors (Lipinski definition) is 4. The Hall–Kier alpha value is -3.34. The van der Waals surface area contributed by atoms with Gasteiger partial charge in [0.05, 0.1) is 5.69 Å². The molecular weight excluding hydrogens is 316 g/mol. The smallest absolute Gasteiger partial charge is 0.248 e. The number of ether oxygens (including phenoxy) is 2. The highest BCUT2D eigenvalue weighted by Crippen LogP contribution is 2.35. The van der Waals surface area contributed by atoms with Crippen molar-refractivity contribution in [3.05, 3.63) is 66.4 Å². The Morgan fingerprint density at radius 1 is 0.880 bits per heavy atom. The number of amides is 1. The van der Waals surface area contributed by atoms with Crippen molar-refractivity contribution >= 4 is 5.91 Å². The van der Waals surface area contributed by atoms with Gasteiger partial charge in [-0.25, -0.2) is 0 Å². The van der Waals surface area contributed by atoms with Gasteiger partial charge in [-0.2, -0.15) is 0 Å². The van der Waals surface area contributed by atoms with Crippen molar-refractivity contribution in [3.63, 3.8) is 0 Å². The molecule has 4 rings (SSSR count). The van der Waals surface area contributed by atoms with Crippen LogP contribution < -0.4 is 15.2 Å². The Morgan fingerprint density at radius 2 is 1.68 bits per heavy atom. The van der Waals surface area contributed by atoms with Crippen LogP contribution in [-0.2, 0) is 0 Å². The molecule has 0 spiro atoms. The first kappa shape index (κ1) is 15.2. The highest BCUT2D eigenvalue weighted by Gasteiger charge is 2.13. The summed E-state index contributed by atoms with van der Waals surface area (Å²) in [7, 11) is 0. The van der Waals surface area contributed by atoms with Crippen molar-refractivity contribution < 1.29 is 14.3 Å². The Kier molecular flexibility index (Phi) is 3.82. The highest BCUT2D eigenvalue weighted by atomic mass is 16.6. The van der Waals surface area contributed by atoms with Crippen LogP contribution in [0, 0.1) is 0 Å². The van der Waals surface area contributed by atoms with Gasteiger partial charge < -0.3 is 15.2 Å². The molecule has 3 aromatic rings. The first-order valence-electron chi connectivity index (χ1n) is 7.97. The van der Waals surface area contributed by atoms with Crippen molar-refractivity contribution in [2.75, 3.05) is 13.2 Å². The molecule has 0 aliphatic carbocycles. The maximum absolute atomic E-state index is 11.4. The third-order valence-electron chi connectivity index (χ3n) is 4.08. The zero-order chi connectivity index (χ0) is 17.2. The summed E-state index contributed by atoms with van der Waals surface area (Å²) in [5, 5.41) is 0. The summed E-state index contributed by atoms with van der Waals surface area (Å²) >= 11 is 0. The van der Waals surface area contributed by atoms with E-state index in [1.165, 1.54) is 0 Å². The number of rotatable bonds is 3. The van der Waals surface area contributed by atoms with Crippen LogP contribution in [0.25, 0.3) is 22.4 Å². The molecule has 1 aromatic heterocycles. The summed E-state index contributed by atoms with van der Waals surface area (Å²) in [6.07, 6.45) is 1.75. The van der Waals surface area contributed by atoms with Gasteiger partial charge in [0.15, 0.2) is 11.5 Å². The van der Waals surface area contributed by atoms with Crippen LogP contribution in [-0.4, -0.2) is 24.1 Å². The van der Waals surface area contributed by atoms with E-state index in [4.69, 9.17) is 15.2 Å². The second-order valence-corrected chi connectivity index (χ2v) is 5.73. The normalized spacial score (nSPS) is 12.6. The highest BCUT2D eigenvalue weighted by molar-refractivity contribution is 5.94. The second kappa shape index (κ2) is 6.28. The van der Waals surface area contributed by atoms with Crippen LogP contribution in [0.2, 0.25) is 0 Å². The third kappa shape index (κ3) is 3.04. The molecule has 124 valence electrons. The van der Waals surface area contributed by atoms with E-state index in [1.807, 2.05) is 36.4 Å². The third-order valence-corrected chi connectivity index (χ3v) is 4.08. The van der Waals surface area contributed by atoms with Gasteiger partial charge >= 0.3 is 0 Å². The lowest BCUT2D eigenvalue weighted by Gasteiger charge is -2.19. The summed E-state index contributed by atoms with van der Waals surface area (Å²) in [5.74, 6) is 1.06. The monoisotopic (exact) mass is 332 g/mol. The lowest BCUT2D eigenvalue weighted by molar-refractivity contribution is 0.100. The fourth-order valence-electron chi connectivity index (χ4n) is 2.82. The maximum atomic E-state index is 11.4. The molecule has 2 heterocycles. The van der Waals surface area contributed by atoms with Crippen molar-refractivity contribution in [1.29, 1.82) is 0 Å². The number of aromatic nitrogens is 1. The molecule has 0 saturated carbocycles. The number of nitrogens with two attached hydrogens (primary N) is 1. The van der Waals surface area contributed by atoms with E-state index in [0.717, 1.165) is 33.9 Å². The van der Waals surface area contributed by atoms with Gasteiger partial charge in [0.2, 0.25) is 5.91 Å². The van der Waals surface area contributed by atoms with Crippen molar-refractivity contribution in [2.24, 2.45) is 5.73 Å². The molecule has 1 aliphatic rings. The lowest BCUT2D eigenvalue weighted by atomic mass is 10.0. The minimum atomic E-state index is -0.454. The largest absolute Gasteiger partial charge is 0.486 e. The van der Waals surface area contributed by atoms with Gasteiger partial charge in [-0.3, -0.25) is 9.78 Å². The number of pyridine rings is 1. The molecule has 5 nitrogen and oxygen atoms in total. The van der Waals surface area contributed by atoms with Gasteiger partial charge in [-0.05, 0) is 47.5 Å². The Labute approximate surface area is 145 Å². The Bertz CT molecular complexity index is 953. The lowest BCUT2D eigenvalue weighted by Crippen LogP contribution is -2.15. The average molecular weight is 332 g/mol. The van der Waals surface area contributed by atoms with Crippen LogP contribution in [0.4, 0.5) is 0 Å². The van der Waals surface area contributed by atoms with Gasteiger partial charge in [-0.1, -0.05) is 18.2 Å². The molecule has 0 radical (unpaired) electrons. The standard InChI is InChI=1S/C20H16N2O3/c21-20(23)16-3-1-2-15(10-16)17-11-14(6-7-22-17)13-4-5-18-19(12-13)25-9-8-24-18/h1-7,10-12H,8-9H2,(H2,21,23). The molecule has 1 amide bonds. The minimum absolute atomic E-state index is 0.454. The number of carbonyl (C=O) groups is 1. The van der Waals surface area contributed by atoms with Crippen molar-refractivity contribution in [2.45, 2.75) is 0 Å². The van der Waals surface area contributed by atoms with Crippen LogP contribution >= 0.6 is 0 Å². The molecule has 1 aliphatic heterocycles. The summed E-state index contributed by atoms with van der Waals surface area (Å²) < 4.78 is 11.2. The van der Waals surface area contributed by atoms with Gasteiger partial charge in [0.25, 0.3) is 0 Å². The molecule has 0 atom stereocenters. The molecule has 2 N–H and O–H groups in total. The SMILES string of the molecule is NC(=O)c1cccc(-c2cc(-c3ccc4c(c3)OCCO4)ccn2)c1. The van der Waals surface area contributed by atoms with Crippen molar-refractivity contribution in [3.8, 4) is 33.9 Å². The maximum Gasteiger partial charge on any atom is 0.248 e. The number of carbonyl (C=O) groups excluding carboxylic acids is 1. The van der Waals surface area contributed by atoms with Gasteiger partial charge in [0.1, 0.15) is 13.2 Å². The number of nitrogens with zero attached hydrogens (tertiary/aromatic N) is 1. The summed E-state index contributed by atoms with van der Waals surface area (Å²) in [6.45, 7) is 1.12. The minimum Gasteiger partial charge on any atom is -0.486 e. The fraction of sp³-hybridized carbons (Fsp3) is 0.100.